The van der Waals surface area contributed by atoms with Crippen LogP contribution in [0.25, 0.3) is 0 Å². The van der Waals surface area contributed by atoms with Crippen molar-refractivity contribution in [3.63, 3.8) is 0 Å². The Morgan fingerprint density at radius 2 is 1.40 bits per heavy atom. The van der Waals surface area contributed by atoms with Crippen molar-refractivity contribution in [1.82, 2.24) is 0 Å². The first kappa shape index (κ1) is 21.0. The Morgan fingerprint density at radius 3 is 2.00 bits per heavy atom. The third-order valence-electron chi connectivity index (χ3n) is 4.32. The first-order chi connectivity index (χ1) is 14.6. The van der Waals surface area contributed by atoms with Crippen LogP contribution in [0.1, 0.15) is 12.5 Å². The van der Waals surface area contributed by atoms with E-state index in [9.17, 15) is 4.79 Å². The smallest absolute Gasteiger partial charge is 0.228 e. The van der Waals surface area contributed by atoms with E-state index in [4.69, 9.17) is 18.9 Å². The fourth-order valence-electron chi connectivity index (χ4n) is 2.89. The molecular weight excluding hydrogens is 382 g/mol. The Balaban J connectivity index is 1.56. The number of carbonyl (C=O) groups is 1. The second kappa shape index (κ2) is 10.2. The highest BCUT2D eigenvalue weighted by atomic mass is 16.5. The van der Waals surface area contributed by atoms with E-state index in [1.807, 2.05) is 49.4 Å². The van der Waals surface area contributed by atoms with Gasteiger partial charge in [0.25, 0.3) is 0 Å². The molecule has 0 heterocycles. The van der Waals surface area contributed by atoms with Gasteiger partial charge in [-0.15, -0.1) is 0 Å². The van der Waals surface area contributed by atoms with Crippen LogP contribution >= 0.6 is 0 Å². The molecule has 0 aliphatic heterocycles. The SMILES string of the molecule is CCOc1ccc(Oc2ccc(NC(=O)Cc3ccc(OC)c(OC)c3)cc2)cc1. The molecule has 0 atom stereocenters. The summed E-state index contributed by atoms with van der Waals surface area (Å²) in [5.74, 6) is 3.30. The summed E-state index contributed by atoms with van der Waals surface area (Å²) in [6.07, 6.45) is 0.227. The molecule has 3 aromatic carbocycles. The van der Waals surface area contributed by atoms with Gasteiger partial charge >= 0.3 is 0 Å². The van der Waals surface area contributed by atoms with Crippen molar-refractivity contribution < 1.29 is 23.7 Å². The number of carbonyl (C=O) groups excluding carboxylic acids is 1. The van der Waals surface area contributed by atoms with Crippen LogP contribution in [0, 0.1) is 0 Å². The molecule has 0 aromatic heterocycles. The third kappa shape index (κ3) is 5.67. The molecular formula is C24H25NO5. The van der Waals surface area contributed by atoms with Gasteiger partial charge in [-0.3, -0.25) is 4.79 Å². The molecule has 0 aliphatic rings. The number of methoxy groups -OCH3 is 2. The monoisotopic (exact) mass is 407 g/mol. The van der Waals surface area contributed by atoms with Crippen molar-refractivity contribution in [3.05, 3.63) is 72.3 Å². The molecule has 156 valence electrons. The molecule has 3 rings (SSSR count). The van der Waals surface area contributed by atoms with Gasteiger partial charge in [0.05, 0.1) is 27.2 Å². The van der Waals surface area contributed by atoms with Crippen molar-refractivity contribution in [2.24, 2.45) is 0 Å². The second-order valence-electron chi connectivity index (χ2n) is 6.45. The van der Waals surface area contributed by atoms with Crippen LogP contribution in [0.5, 0.6) is 28.7 Å². The van der Waals surface area contributed by atoms with Crippen LogP contribution in [-0.2, 0) is 11.2 Å². The lowest BCUT2D eigenvalue weighted by Gasteiger charge is -2.11. The van der Waals surface area contributed by atoms with Crippen LogP contribution in [0.15, 0.2) is 66.7 Å². The summed E-state index contributed by atoms with van der Waals surface area (Å²) in [7, 11) is 3.15. The lowest BCUT2D eigenvalue weighted by atomic mass is 10.1. The zero-order chi connectivity index (χ0) is 21.3. The maximum Gasteiger partial charge on any atom is 0.228 e. The summed E-state index contributed by atoms with van der Waals surface area (Å²) < 4.78 is 21.7. The molecule has 6 heteroatoms. The second-order valence-corrected chi connectivity index (χ2v) is 6.45. The van der Waals surface area contributed by atoms with Crippen molar-refractivity contribution in [3.8, 4) is 28.7 Å². The lowest BCUT2D eigenvalue weighted by Crippen LogP contribution is -2.14. The standard InChI is InChI=1S/C24H25NO5/c1-4-29-19-10-12-21(13-11-19)30-20-8-6-18(7-9-20)25-24(26)16-17-5-14-22(27-2)23(15-17)28-3/h5-15H,4,16H2,1-3H3,(H,25,26). The first-order valence-electron chi connectivity index (χ1n) is 9.62. The predicted molar refractivity (Wildman–Crippen MR) is 116 cm³/mol. The highest BCUT2D eigenvalue weighted by Gasteiger charge is 2.09. The Kier molecular flexibility index (Phi) is 7.16. The van der Waals surface area contributed by atoms with Gasteiger partial charge in [-0.1, -0.05) is 6.07 Å². The summed E-state index contributed by atoms with van der Waals surface area (Å²) in [6.45, 7) is 2.57. The van der Waals surface area contributed by atoms with Gasteiger partial charge in [0, 0.05) is 5.69 Å². The Morgan fingerprint density at radius 1 is 0.800 bits per heavy atom. The Labute approximate surface area is 176 Å². The van der Waals surface area contributed by atoms with E-state index in [-0.39, 0.29) is 12.3 Å². The number of ether oxygens (including phenoxy) is 4. The number of amides is 1. The maximum atomic E-state index is 12.4. The average molecular weight is 407 g/mol. The Bertz CT molecular complexity index is 968. The maximum absolute atomic E-state index is 12.4. The quantitative estimate of drug-likeness (QED) is 0.536. The molecule has 0 aliphatic carbocycles. The molecule has 30 heavy (non-hydrogen) atoms. The molecule has 0 fully saturated rings. The molecule has 6 nitrogen and oxygen atoms in total. The summed E-state index contributed by atoms with van der Waals surface area (Å²) in [4.78, 5) is 12.4. The van der Waals surface area contributed by atoms with Crippen molar-refractivity contribution in [2.45, 2.75) is 13.3 Å². The number of rotatable bonds is 9. The number of hydrogen-bond acceptors (Lipinski definition) is 5. The van der Waals surface area contributed by atoms with Crippen LogP contribution in [0.4, 0.5) is 5.69 Å². The molecule has 3 aromatic rings. The normalized spacial score (nSPS) is 10.2. The lowest BCUT2D eigenvalue weighted by molar-refractivity contribution is -0.115. The first-order valence-corrected chi connectivity index (χ1v) is 9.62. The molecule has 0 bridgehead atoms. The van der Waals surface area contributed by atoms with E-state index in [2.05, 4.69) is 5.32 Å². The van der Waals surface area contributed by atoms with Crippen LogP contribution in [0.3, 0.4) is 0 Å². The van der Waals surface area contributed by atoms with Crippen LogP contribution in [-0.4, -0.2) is 26.7 Å². The fourth-order valence-corrected chi connectivity index (χ4v) is 2.89. The number of anilines is 1. The number of benzene rings is 3. The largest absolute Gasteiger partial charge is 0.494 e. The third-order valence-corrected chi connectivity index (χ3v) is 4.32. The molecule has 0 spiro atoms. The molecule has 1 amide bonds. The number of nitrogens with one attached hydrogen (secondary N) is 1. The van der Waals surface area contributed by atoms with E-state index in [0.717, 1.165) is 11.3 Å². The van der Waals surface area contributed by atoms with Gasteiger partial charge < -0.3 is 24.3 Å². The van der Waals surface area contributed by atoms with Crippen LogP contribution in [0.2, 0.25) is 0 Å². The minimum Gasteiger partial charge on any atom is -0.494 e. The molecule has 0 saturated heterocycles. The van der Waals surface area contributed by atoms with Crippen LogP contribution < -0.4 is 24.3 Å². The summed E-state index contributed by atoms with van der Waals surface area (Å²) in [5.41, 5.74) is 1.53. The van der Waals surface area contributed by atoms with E-state index < -0.39 is 0 Å². The van der Waals surface area contributed by atoms with Crippen molar-refractivity contribution in [2.75, 3.05) is 26.1 Å². The molecule has 0 saturated carbocycles. The van der Waals surface area contributed by atoms with Gasteiger partial charge in [0.1, 0.15) is 17.2 Å². The van der Waals surface area contributed by atoms with E-state index in [1.54, 1.807) is 38.5 Å². The molecule has 1 N–H and O–H groups in total. The van der Waals surface area contributed by atoms with Gasteiger partial charge in [-0.05, 0) is 73.2 Å². The highest BCUT2D eigenvalue weighted by molar-refractivity contribution is 5.92. The van der Waals surface area contributed by atoms with E-state index >= 15 is 0 Å². The zero-order valence-corrected chi connectivity index (χ0v) is 17.3. The predicted octanol–water partition coefficient (Wildman–Crippen LogP) is 5.08. The van der Waals surface area contributed by atoms with Gasteiger partial charge in [0.2, 0.25) is 5.91 Å². The summed E-state index contributed by atoms with van der Waals surface area (Å²) in [6, 6.07) is 20.1. The van der Waals surface area contributed by atoms with E-state index in [0.29, 0.717) is 35.3 Å². The molecule has 0 unspecified atom stereocenters. The van der Waals surface area contributed by atoms with Gasteiger partial charge in [-0.25, -0.2) is 0 Å². The average Bonchev–Trinajstić information content (AvgIpc) is 2.76. The Hall–Kier alpha value is -3.67. The van der Waals surface area contributed by atoms with Gasteiger partial charge in [-0.2, -0.15) is 0 Å². The summed E-state index contributed by atoms with van der Waals surface area (Å²) in [5, 5.41) is 2.89. The van der Waals surface area contributed by atoms with Gasteiger partial charge in [0.15, 0.2) is 11.5 Å². The zero-order valence-electron chi connectivity index (χ0n) is 17.3. The van der Waals surface area contributed by atoms with Crippen molar-refractivity contribution >= 4 is 11.6 Å². The summed E-state index contributed by atoms with van der Waals surface area (Å²) >= 11 is 0. The number of hydrogen-bond donors (Lipinski definition) is 1. The van der Waals surface area contributed by atoms with E-state index in [1.165, 1.54) is 0 Å². The minimum absolute atomic E-state index is 0.123. The topological polar surface area (TPSA) is 66.0 Å². The fraction of sp³-hybridized carbons (Fsp3) is 0.208. The highest BCUT2D eigenvalue weighted by Crippen LogP contribution is 2.28. The molecule has 0 radical (unpaired) electrons. The van der Waals surface area contributed by atoms with Crippen molar-refractivity contribution in [1.29, 1.82) is 0 Å². The minimum atomic E-state index is -0.123.